The van der Waals surface area contributed by atoms with Crippen molar-refractivity contribution in [2.75, 3.05) is 13.7 Å². The summed E-state index contributed by atoms with van der Waals surface area (Å²) in [5.41, 5.74) is 2.03. The van der Waals surface area contributed by atoms with Crippen LogP contribution in [0.3, 0.4) is 0 Å². The molecule has 4 nitrogen and oxygen atoms in total. The van der Waals surface area contributed by atoms with Gasteiger partial charge in [-0.2, -0.15) is 0 Å². The number of hydrogen-bond acceptors (Lipinski definition) is 3. The van der Waals surface area contributed by atoms with Crippen LogP contribution in [0.5, 0.6) is 0 Å². The summed E-state index contributed by atoms with van der Waals surface area (Å²) in [5, 5.41) is 8.37. The van der Waals surface area contributed by atoms with Gasteiger partial charge in [0.1, 0.15) is 5.69 Å². The van der Waals surface area contributed by atoms with Gasteiger partial charge in [-0.1, -0.05) is 5.21 Å². The van der Waals surface area contributed by atoms with Gasteiger partial charge in [0.15, 0.2) is 0 Å². The molecule has 1 heterocycles. The summed E-state index contributed by atoms with van der Waals surface area (Å²) >= 11 is 5.87. The third kappa shape index (κ3) is 2.38. The third-order valence-corrected chi connectivity index (χ3v) is 3.48. The fraction of sp³-hybridized carbons (Fsp3) is 0.818. The van der Waals surface area contributed by atoms with E-state index in [1.54, 1.807) is 7.11 Å². The van der Waals surface area contributed by atoms with Gasteiger partial charge in [0.2, 0.25) is 0 Å². The molecule has 1 aromatic rings. The van der Waals surface area contributed by atoms with Gasteiger partial charge < -0.3 is 4.74 Å². The molecule has 1 unspecified atom stereocenters. The van der Waals surface area contributed by atoms with Crippen LogP contribution in [0.1, 0.15) is 37.2 Å². The van der Waals surface area contributed by atoms with Crippen LogP contribution in [0.4, 0.5) is 0 Å². The van der Waals surface area contributed by atoms with Gasteiger partial charge in [-0.3, -0.25) is 0 Å². The van der Waals surface area contributed by atoms with Gasteiger partial charge in [0.25, 0.3) is 0 Å². The van der Waals surface area contributed by atoms with Crippen molar-refractivity contribution in [1.82, 2.24) is 15.0 Å². The van der Waals surface area contributed by atoms with E-state index in [1.807, 2.05) is 4.68 Å². The van der Waals surface area contributed by atoms with Crippen molar-refractivity contribution < 1.29 is 4.74 Å². The first-order chi connectivity index (χ1) is 7.77. The molecule has 16 heavy (non-hydrogen) atoms. The van der Waals surface area contributed by atoms with Crippen LogP contribution >= 0.6 is 11.6 Å². The lowest BCUT2D eigenvalue weighted by molar-refractivity contribution is 0.199. The molecular formula is C11H18ClN3O. The molecule has 0 radical (unpaired) electrons. The summed E-state index contributed by atoms with van der Waals surface area (Å²) in [7, 11) is 1.71. The molecule has 0 aromatic carbocycles. The first kappa shape index (κ1) is 11.9. The Bertz CT molecular complexity index is 349. The number of methoxy groups -OCH3 is 1. The standard InChI is InChI=1S/C11H18ClN3O/c1-8(9-3-4-9)15-11(5-6-16-2)10(7-12)13-14-15/h8-9H,3-7H2,1-2H3. The van der Waals surface area contributed by atoms with Crippen molar-refractivity contribution in [3.63, 3.8) is 0 Å². The Morgan fingerprint density at radius 3 is 2.88 bits per heavy atom. The van der Waals surface area contributed by atoms with E-state index in [2.05, 4.69) is 17.2 Å². The fourth-order valence-electron chi connectivity index (χ4n) is 2.01. The Kier molecular flexibility index (Phi) is 3.82. The summed E-state index contributed by atoms with van der Waals surface area (Å²) < 4.78 is 7.15. The average molecular weight is 244 g/mol. The molecule has 1 fully saturated rings. The first-order valence-electron chi connectivity index (χ1n) is 5.75. The second-order valence-electron chi connectivity index (χ2n) is 4.38. The Balaban J connectivity index is 2.18. The molecule has 1 aromatic heterocycles. The number of halogens is 1. The van der Waals surface area contributed by atoms with Gasteiger partial charge >= 0.3 is 0 Å². The average Bonchev–Trinajstić information content (AvgIpc) is 3.06. The predicted octanol–water partition coefficient (Wildman–Crippen LogP) is 2.18. The number of alkyl halides is 1. The van der Waals surface area contributed by atoms with Crippen LogP contribution in [0.2, 0.25) is 0 Å². The molecule has 0 N–H and O–H groups in total. The second-order valence-corrected chi connectivity index (χ2v) is 4.65. The van der Waals surface area contributed by atoms with Crippen LogP contribution in [-0.2, 0) is 17.0 Å². The normalized spacial score (nSPS) is 17.7. The van der Waals surface area contributed by atoms with E-state index in [-0.39, 0.29) is 0 Å². The van der Waals surface area contributed by atoms with Gasteiger partial charge in [0, 0.05) is 13.5 Å². The second kappa shape index (κ2) is 5.15. The first-order valence-corrected chi connectivity index (χ1v) is 6.29. The molecule has 0 bridgehead atoms. The van der Waals surface area contributed by atoms with Gasteiger partial charge in [-0.15, -0.1) is 16.7 Å². The Morgan fingerprint density at radius 2 is 2.31 bits per heavy atom. The highest BCUT2D eigenvalue weighted by atomic mass is 35.5. The molecule has 5 heteroatoms. The van der Waals surface area contributed by atoms with Crippen molar-refractivity contribution >= 4 is 11.6 Å². The SMILES string of the molecule is COCCc1c(CCl)nnn1C(C)C1CC1. The van der Waals surface area contributed by atoms with Crippen LogP contribution in [0.25, 0.3) is 0 Å². The van der Waals surface area contributed by atoms with Crippen LogP contribution in [0, 0.1) is 5.92 Å². The zero-order chi connectivity index (χ0) is 11.5. The van der Waals surface area contributed by atoms with E-state index in [4.69, 9.17) is 16.3 Å². The topological polar surface area (TPSA) is 39.9 Å². The largest absolute Gasteiger partial charge is 0.384 e. The summed E-state index contributed by atoms with van der Waals surface area (Å²) in [6.07, 6.45) is 3.45. The van der Waals surface area contributed by atoms with Crippen LogP contribution in [0.15, 0.2) is 0 Å². The lowest BCUT2D eigenvalue weighted by Gasteiger charge is -2.14. The van der Waals surface area contributed by atoms with E-state index < -0.39 is 0 Å². The number of nitrogens with zero attached hydrogens (tertiary/aromatic N) is 3. The molecular weight excluding hydrogens is 226 g/mol. The van der Waals surface area contributed by atoms with Crippen LogP contribution < -0.4 is 0 Å². The molecule has 2 rings (SSSR count). The minimum Gasteiger partial charge on any atom is -0.384 e. The zero-order valence-electron chi connectivity index (χ0n) is 9.82. The van der Waals surface area contributed by atoms with Gasteiger partial charge in [-0.25, -0.2) is 4.68 Å². The van der Waals surface area contributed by atoms with Crippen molar-refractivity contribution in [3.05, 3.63) is 11.4 Å². The Labute approximate surface area is 101 Å². The van der Waals surface area contributed by atoms with Gasteiger partial charge in [-0.05, 0) is 25.7 Å². The van der Waals surface area contributed by atoms with E-state index in [0.29, 0.717) is 18.5 Å². The van der Waals surface area contributed by atoms with E-state index in [1.165, 1.54) is 12.8 Å². The summed E-state index contributed by atoms with van der Waals surface area (Å²) in [6.45, 7) is 2.90. The maximum absolute atomic E-state index is 5.87. The Hall–Kier alpha value is -0.610. The minimum atomic E-state index is 0.427. The quantitative estimate of drug-likeness (QED) is 0.719. The Morgan fingerprint density at radius 1 is 1.56 bits per heavy atom. The molecule has 1 aliphatic carbocycles. The molecule has 0 saturated heterocycles. The monoisotopic (exact) mass is 243 g/mol. The molecule has 90 valence electrons. The molecule has 0 amide bonds. The lowest BCUT2D eigenvalue weighted by atomic mass is 10.2. The highest BCUT2D eigenvalue weighted by molar-refractivity contribution is 6.16. The van der Waals surface area contributed by atoms with E-state index >= 15 is 0 Å². The summed E-state index contributed by atoms with van der Waals surface area (Å²) in [4.78, 5) is 0. The molecule has 0 spiro atoms. The third-order valence-electron chi connectivity index (χ3n) is 3.23. The lowest BCUT2D eigenvalue weighted by Crippen LogP contribution is -2.14. The van der Waals surface area contributed by atoms with Crippen molar-refractivity contribution in [2.45, 2.75) is 38.1 Å². The number of rotatable bonds is 6. The van der Waals surface area contributed by atoms with E-state index in [0.717, 1.165) is 23.7 Å². The number of aromatic nitrogens is 3. The maximum Gasteiger partial charge on any atom is 0.101 e. The highest BCUT2D eigenvalue weighted by Crippen LogP contribution is 2.39. The van der Waals surface area contributed by atoms with Gasteiger partial charge in [0.05, 0.1) is 24.2 Å². The van der Waals surface area contributed by atoms with E-state index in [9.17, 15) is 0 Å². The fourth-order valence-corrected chi connectivity index (χ4v) is 2.22. The predicted molar refractivity (Wildman–Crippen MR) is 62.6 cm³/mol. The molecule has 1 saturated carbocycles. The molecule has 0 aliphatic heterocycles. The van der Waals surface area contributed by atoms with Crippen LogP contribution in [-0.4, -0.2) is 28.7 Å². The summed E-state index contributed by atoms with van der Waals surface area (Å²) in [5.74, 6) is 1.20. The smallest absolute Gasteiger partial charge is 0.101 e. The molecule has 1 aliphatic rings. The number of ether oxygens (including phenoxy) is 1. The minimum absolute atomic E-state index is 0.427. The van der Waals surface area contributed by atoms with Crippen molar-refractivity contribution in [3.8, 4) is 0 Å². The van der Waals surface area contributed by atoms with Crippen molar-refractivity contribution in [2.24, 2.45) is 5.92 Å². The maximum atomic E-state index is 5.87. The highest BCUT2D eigenvalue weighted by Gasteiger charge is 2.31. The summed E-state index contributed by atoms with van der Waals surface area (Å²) in [6, 6.07) is 0.441. The van der Waals surface area contributed by atoms with Crippen molar-refractivity contribution in [1.29, 1.82) is 0 Å². The zero-order valence-corrected chi connectivity index (χ0v) is 10.6. The molecule has 1 atom stereocenters. The number of hydrogen-bond donors (Lipinski definition) is 0.